The summed E-state index contributed by atoms with van der Waals surface area (Å²) in [6.45, 7) is 3.76. The minimum absolute atomic E-state index is 0.134. The number of amides is 1. The molecule has 9 nitrogen and oxygen atoms in total. The van der Waals surface area contributed by atoms with E-state index in [1.54, 1.807) is 0 Å². The van der Waals surface area contributed by atoms with Gasteiger partial charge < -0.3 is 40.3 Å². The molecule has 75 heavy (non-hydrogen) atoms. The van der Waals surface area contributed by atoms with E-state index in [1.807, 2.05) is 0 Å². The first kappa shape index (κ1) is 71.2. The molecule has 6 N–H and O–H groups in total. The molecule has 440 valence electrons. The summed E-state index contributed by atoms with van der Waals surface area (Å²) in [5, 5.41) is 54.8. The molecule has 0 aliphatic carbocycles. The molecule has 1 aliphatic heterocycles. The lowest BCUT2D eigenvalue weighted by Gasteiger charge is -2.40. The van der Waals surface area contributed by atoms with Gasteiger partial charge in [0.1, 0.15) is 24.4 Å². The largest absolute Gasteiger partial charge is 0.394 e. The molecule has 0 spiro atoms. The maximum absolute atomic E-state index is 13.1. The summed E-state index contributed by atoms with van der Waals surface area (Å²) in [6, 6.07) is -0.718. The first-order valence-electron chi connectivity index (χ1n) is 32.3. The Morgan fingerprint density at radius 2 is 0.827 bits per heavy atom. The Balaban J connectivity index is 2.08. The van der Waals surface area contributed by atoms with Gasteiger partial charge in [-0.05, 0) is 51.4 Å². The second-order valence-corrected chi connectivity index (χ2v) is 22.5. The zero-order valence-corrected chi connectivity index (χ0v) is 49.1. The lowest BCUT2D eigenvalue weighted by atomic mass is 9.99. The lowest BCUT2D eigenvalue weighted by Crippen LogP contribution is -2.60. The molecule has 1 amide bonds. The number of nitrogens with one attached hydrogen (secondary N) is 1. The molecule has 0 aromatic rings. The first-order chi connectivity index (χ1) is 36.8. The molecule has 0 saturated carbocycles. The van der Waals surface area contributed by atoms with Crippen LogP contribution in [0.4, 0.5) is 0 Å². The van der Waals surface area contributed by atoms with Crippen molar-refractivity contribution in [1.29, 1.82) is 0 Å². The van der Waals surface area contributed by atoms with Crippen LogP contribution in [0.15, 0.2) is 48.6 Å². The van der Waals surface area contributed by atoms with Crippen molar-refractivity contribution in [2.75, 3.05) is 13.2 Å². The van der Waals surface area contributed by atoms with Gasteiger partial charge in [0, 0.05) is 6.42 Å². The number of allylic oxidation sites excluding steroid dienone is 8. The fraction of sp³-hybridized carbons (Fsp3) is 0.864. The van der Waals surface area contributed by atoms with Gasteiger partial charge in [-0.2, -0.15) is 0 Å². The van der Waals surface area contributed by atoms with Gasteiger partial charge in [-0.15, -0.1) is 0 Å². The molecule has 1 fully saturated rings. The standard InChI is InChI=1S/C66H123NO8/c1-3-5-7-9-11-13-15-17-19-21-22-23-24-25-26-27-28-29-30-31-32-33-34-35-36-37-38-40-42-44-46-48-50-52-54-56-62(70)67-59(58-74-66-65(73)64(72)63(71)61(57-68)75-66)60(69)55-53-51-49-47-45-43-41-39-20-18-16-14-12-10-8-6-4-2/h5,7,11,13,17,19,22-23,59-61,63-66,68-69,71-73H,3-4,6,8-10,12,14-16,18,20-21,24-58H2,1-2H3,(H,67,70)/b7-5-,13-11-,19-17-,23-22-. The van der Waals surface area contributed by atoms with Crippen molar-refractivity contribution >= 4 is 5.91 Å². The van der Waals surface area contributed by atoms with Crippen LogP contribution in [0.1, 0.15) is 309 Å². The average molecular weight is 1060 g/mol. The van der Waals surface area contributed by atoms with Crippen molar-refractivity contribution < 1.29 is 39.8 Å². The number of carbonyl (C=O) groups excluding carboxylic acids is 1. The Morgan fingerprint density at radius 3 is 1.23 bits per heavy atom. The van der Waals surface area contributed by atoms with Crippen LogP contribution in [0.2, 0.25) is 0 Å². The molecule has 9 heteroatoms. The van der Waals surface area contributed by atoms with E-state index in [-0.39, 0.29) is 12.5 Å². The normalized spacial score (nSPS) is 19.2. The van der Waals surface area contributed by atoms with E-state index in [0.29, 0.717) is 12.8 Å². The third-order valence-corrected chi connectivity index (χ3v) is 15.4. The van der Waals surface area contributed by atoms with Crippen molar-refractivity contribution in [3.05, 3.63) is 48.6 Å². The van der Waals surface area contributed by atoms with E-state index in [1.165, 1.54) is 218 Å². The molecular formula is C66H123NO8. The van der Waals surface area contributed by atoms with Crippen molar-refractivity contribution in [2.45, 2.75) is 352 Å². The van der Waals surface area contributed by atoms with Crippen LogP contribution in [0.25, 0.3) is 0 Å². The molecule has 0 bridgehead atoms. The Morgan fingerprint density at radius 1 is 0.467 bits per heavy atom. The fourth-order valence-corrected chi connectivity index (χ4v) is 10.4. The van der Waals surface area contributed by atoms with E-state index in [9.17, 15) is 30.3 Å². The van der Waals surface area contributed by atoms with E-state index >= 15 is 0 Å². The maximum Gasteiger partial charge on any atom is 0.220 e. The van der Waals surface area contributed by atoms with Crippen LogP contribution in [-0.4, -0.2) is 87.5 Å². The zero-order chi connectivity index (χ0) is 54.3. The monoisotopic (exact) mass is 1060 g/mol. The highest BCUT2D eigenvalue weighted by molar-refractivity contribution is 5.76. The Bertz CT molecular complexity index is 1320. The van der Waals surface area contributed by atoms with Crippen LogP contribution >= 0.6 is 0 Å². The molecule has 1 rings (SSSR count). The number of unbranched alkanes of at least 4 members (excludes halogenated alkanes) is 38. The first-order valence-corrected chi connectivity index (χ1v) is 32.3. The van der Waals surface area contributed by atoms with Crippen molar-refractivity contribution in [1.82, 2.24) is 5.32 Å². The van der Waals surface area contributed by atoms with Gasteiger partial charge in [0.15, 0.2) is 6.29 Å². The molecule has 0 aromatic heterocycles. The van der Waals surface area contributed by atoms with Gasteiger partial charge in [-0.1, -0.05) is 300 Å². The van der Waals surface area contributed by atoms with Crippen LogP contribution in [0.3, 0.4) is 0 Å². The topological polar surface area (TPSA) is 149 Å². The summed E-state index contributed by atoms with van der Waals surface area (Å²) in [4.78, 5) is 13.1. The number of carbonyl (C=O) groups is 1. The zero-order valence-electron chi connectivity index (χ0n) is 49.1. The molecule has 1 aliphatic rings. The van der Waals surface area contributed by atoms with E-state index < -0.39 is 49.5 Å². The van der Waals surface area contributed by atoms with E-state index in [2.05, 4.69) is 67.8 Å². The number of ether oxygens (including phenoxy) is 2. The number of hydrogen-bond donors (Lipinski definition) is 6. The Kier molecular flexibility index (Phi) is 52.6. The van der Waals surface area contributed by atoms with E-state index in [0.717, 1.165) is 64.2 Å². The second-order valence-electron chi connectivity index (χ2n) is 22.5. The minimum atomic E-state index is -1.55. The summed E-state index contributed by atoms with van der Waals surface area (Å²) in [5.74, 6) is -0.139. The SMILES string of the molecule is CC/C=C\C/C=C\C/C=C\C/C=C\CCCCCCCCCCCCCCCCCCCCCCCCC(=O)NC(COC1OC(CO)C(O)C(O)C1O)C(O)CCCCCCCCCCCCCCCCCCC. The molecule has 7 unspecified atom stereocenters. The predicted octanol–water partition coefficient (Wildman–Crippen LogP) is 16.9. The number of hydrogen-bond acceptors (Lipinski definition) is 8. The van der Waals surface area contributed by atoms with Gasteiger partial charge in [-0.25, -0.2) is 0 Å². The molecular weight excluding hydrogens is 935 g/mol. The van der Waals surface area contributed by atoms with Gasteiger partial charge >= 0.3 is 0 Å². The van der Waals surface area contributed by atoms with Crippen LogP contribution in [0, 0.1) is 0 Å². The Hall–Kier alpha value is -1.85. The summed E-state index contributed by atoms with van der Waals surface area (Å²) in [6.07, 6.45) is 67.4. The summed E-state index contributed by atoms with van der Waals surface area (Å²) in [5.41, 5.74) is 0. The smallest absolute Gasteiger partial charge is 0.220 e. The van der Waals surface area contributed by atoms with Gasteiger partial charge in [0.25, 0.3) is 0 Å². The van der Waals surface area contributed by atoms with Gasteiger partial charge in [0.05, 0.1) is 25.4 Å². The third kappa shape index (κ3) is 44.7. The predicted molar refractivity (Wildman–Crippen MR) is 318 cm³/mol. The third-order valence-electron chi connectivity index (χ3n) is 15.4. The fourth-order valence-electron chi connectivity index (χ4n) is 10.4. The maximum atomic E-state index is 13.1. The molecule has 7 atom stereocenters. The molecule has 0 radical (unpaired) electrons. The number of aliphatic hydroxyl groups excluding tert-OH is 5. The van der Waals surface area contributed by atoms with Gasteiger partial charge in [0.2, 0.25) is 5.91 Å². The van der Waals surface area contributed by atoms with Crippen LogP contribution < -0.4 is 5.32 Å². The lowest BCUT2D eigenvalue weighted by molar-refractivity contribution is -0.302. The highest BCUT2D eigenvalue weighted by Gasteiger charge is 2.44. The second kappa shape index (κ2) is 55.5. The number of rotatable bonds is 56. The van der Waals surface area contributed by atoms with Crippen LogP contribution in [-0.2, 0) is 14.3 Å². The molecule has 0 aromatic carbocycles. The number of aliphatic hydroxyl groups is 5. The summed E-state index contributed by atoms with van der Waals surface area (Å²) in [7, 11) is 0. The summed E-state index contributed by atoms with van der Waals surface area (Å²) >= 11 is 0. The highest BCUT2D eigenvalue weighted by Crippen LogP contribution is 2.23. The van der Waals surface area contributed by atoms with Gasteiger partial charge in [-0.3, -0.25) is 4.79 Å². The summed E-state index contributed by atoms with van der Waals surface area (Å²) < 4.78 is 11.3. The quantitative estimate of drug-likeness (QED) is 0.0261. The molecule has 1 heterocycles. The Labute approximate surface area is 463 Å². The highest BCUT2D eigenvalue weighted by atomic mass is 16.7. The minimum Gasteiger partial charge on any atom is -0.394 e. The van der Waals surface area contributed by atoms with Crippen molar-refractivity contribution in [2.24, 2.45) is 0 Å². The van der Waals surface area contributed by atoms with Crippen molar-refractivity contribution in [3.8, 4) is 0 Å². The van der Waals surface area contributed by atoms with E-state index in [4.69, 9.17) is 9.47 Å². The van der Waals surface area contributed by atoms with Crippen molar-refractivity contribution in [3.63, 3.8) is 0 Å². The van der Waals surface area contributed by atoms with Crippen LogP contribution in [0.5, 0.6) is 0 Å². The molecule has 1 saturated heterocycles. The average Bonchev–Trinajstić information content (AvgIpc) is 3.41.